The lowest BCUT2D eigenvalue weighted by molar-refractivity contribution is -0.158. The van der Waals surface area contributed by atoms with E-state index in [9.17, 15) is 33.9 Å². The minimum Gasteiger partial charge on any atom is -0.494 e. The van der Waals surface area contributed by atoms with Gasteiger partial charge in [0.2, 0.25) is 11.8 Å². The number of benzene rings is 4. The number of carbonyl (C=O) groups is 6. The Kier molecular flexibility index (Phi) is 29.6. The lowest BCUT2D eigenvalue weighted by Gasteiger charge is -2.24. The lowest BCUT2D eigenvalue weighted by Crippen LogP contribution is -2.45. The highest BCUT2D eigenvalue weighted by Crippen LogP contribution is 2.34. The monoisotopic (exact) mass is 1390 g/mol. The van der Waals surface area contributed by atoms with Crippen LogP contribution in [0.1, 0.15) is 207 Å². The van der Waals surface area contributed by atoms with Crippen molar-refractivity contribution < 1.29 is 48.1 Å². The average molecular weight is 1400 g/mol. The van der Waals surface area contributed by atoms with Crippen molar-refractivity contribution >= 4 is 58.0 Å². The number of thiophene rings is 2. The van der Waals surface area contributed by atoms with Crippen LogP contribution >= 0.6 is 22.7 Å². The number of aromatic nitrogens is 4. The van der Waals surface area contributed by atoms with E-state index in [1.165, 1.54) is 81.0 Å². The third-order valence-corrected chi connectivity index (χ3v) is 19.9. The smallest absolute Gasteiger partial charge is 0.328 e. The second-order valence-electron chi connectivity index (χ2n) is 28.8. The van der Waals surface area contributed by atoms with Gasteiger partial charge in [-0.2, -0.15) is 0 Å². The van der Waals surface area contributed by atoms with Gasteiger partial charge in [-0.3, -0.25) is 24.0 Å². The molecule has 8 aromatic rings. The summed E-state index contributed by atoms with van der Waals surface area (Å²) in [5.74, 6) is -1.28. The first-order valence-electron chi connectivity index (χ1n) is 35.2. The Morgan fingerprint density at radius 3 is 1.12 bits per heavy atom. The van der Waals surface area contributed by atoms with Gasteiger partial charge in [-0.1, -0.05) is 180 Å². The number of hydrogen-bond acceptors (Lipinski definition) is 15. The Hall–Kier alpha value is -8.74. The van der Waals surface area contributed by atoms with Crippen molar-refractivity contribution in [1.82, 2.24) is 30.6 Å². The van der Waals surface area contributed by atoms with Crippen LogP contribution in [0.5, 0.6) is 11.5 Å². The van der Waals surface area contributed by atoms with Crippen molar-refractivity contribution in [2.24, 2.45) is 11.8 Å². The standard InChI is InChI=1S/C43H55N3O5S.C39H47N3O5S/c1-9-10-11-12-13-24-50-35-20-18-31(19-21-35)34-27-44-39(45-28-34)32-16-14-30(15-17-32)25-33(40(48)46-29(2)41(49)51-43(6,7)8)26-36(47)37-22-23-38(52-37)42(3,4)5;1-6-7-8-9-10-21-47-32-17-15-28(16-18-32)31-24-40-36(41-25-31)29-13-11-27(12-14-29)22-30(37(44)42-26(2)38(45)46)23-33(43)34-19-20-35(48-34)39(3,4)5/h14-23,27-29,33H,9-13,24-26H2,1-8H3,(H,46,48);11-20,24-26,30H,6-10,21-23H2,1-5H3,(H,42,44)(H,45,46)/t29-,33-;26-,30-/m11/s1. The number of nitrogens with zero attached hydrogens (tertiary/aromatic N) is 4. The van der Waals surface area contributed by atoms with Crippen LogP contribution in [0.3, 0.4) is 0 Å². The Bertz CT molecular complexity index is 3900. The number of carbonyl (C=O) groups excluding carboxylic acids is 5. The van der Waals surface area contributed by atoms with E-state index < -0.39 is 47.4 Å². The Balaban J connectivity index is 0.000000282. The molecule has 0 unspecified atom stereocenters. The molecule has 0 aliphatic rings. The zero-order valence-electron chi connectivity index (χ0n) is 60.7. The maximum absolute atomic E-state index is 13.6. The summed E-state index contributed by atoms with van der Waals surface area (Å²) in [5.41, 5.74) is 6.34. The maximum Gasteiger partial charge on any atom is 0.328 e. The fraction of sp³-hybridized carbons (Fsp3) is 0.439. The van der Waals surface area contributed by atoms with Crippen molar-refractivity contribution in [3.63, 3.8) is 0 Å². The molecule has 8 rings (SSSR count). The molecule has 2 amide bonds. The van der Waals surface area contributed by atoms with Gasteiger partial charge in [-0.25, -0.2) is 24.7 Å². The summed E-state index contributed by atoms with van der Waals surface area (Å²) in [4.78, 5) is 99.5. The van der Waals surface area contributed by atoms with Crippen molar-refractivity contribution in [1.29, 1.82) is 0 Å². The van der Waals surface area contributed by atoms with E-state index in [4.69, 9.17) is 14.2 Å². The normalized spacial score (nSPS) is 12.8. The first-order valence-corrected chi connectivity index (χ1v) is 36.8. The fourth-order valence-electron chi connectivity index (χ4n) is 10.8. The summed E-state index contributed by atoms with van der Waals surface area (Å²) in [6, 6.07) is 36.9. The van der Waals surface area contributed by atoms with Gasteiger partial charge in [0.15, 0.2) is 23.2 Å². The number of aliphatic carboxylic acids is 1. The first-order chi connectivity index (χ1) is 47.6. The molecule has 4 heterocycles. The molecule has 0 aliphatic heterocycles. The van der Waals surface area contributed by atoms with E-state index in [0.29, 0.717) is 27.8 Å². The molecule has 16 nitrogen and oxygen atoms in total. The van der Waals surface area contributed by atoms with Gasteiger partial charge in [-0.15, -0.1) is 22.7 Å². The predicted molar refractivity (Wildman–Crippen MR) is 401 cm³/mol. The summed E-state index contributed by atoms with van der Waals surface area (Å²) >= 11 is 2.90. The van der Waals surface area contributed by atoms with Crippen LogP contribution in [-0.2, 0) is 47.6 Å². The molecule has 4 atom stereocenters. The number of unbranched alkanes of at least 4 members (excludes halogenated alkanes) is 8. The number of carboxylic acid groups (broad SMARTS) is 1. The largest absolute Gasteiger partial charge is 0.494 e. The van der Waals surface area contributed by atoms with Crippen LogP contribution < -0.4 is 20.1 Å². The van der Waals surface area contributed by atoms with E-state index in [0.717, 1.165) is 91.8 Å². The number of ether oxygens (including phenoxy) is 3. The molecule has 0 saturated heterocycles. The van der Waals surface area contributed by atoms with Crippen LogP contribution in [0.25, 0.3) is 45.0 Å². The van der Waals surface area contributed by atoms with Crippen LogP contribution in [-0.4, -0.2) is 91.3 Å². The SMILES string of the molecule is CCCCCCCOc1ccc(-c2cnc(-c3ccc(C[C@H](CC(=O)c4ccc(C(C)(C)C)s4)C(=O)N[C@H](C)C(=O)O)cc3)nc2)cc1.CCCCCCCOc1ccc(-c2cnc(-c3ccc(C[C@H](CC(=O)c4ccc(C(C)(C)C)s4)C(=O)N[C@H](C)C(=O)OC(C)(C)C)cc3)nc2)cc1. The second kappa shape index (κ2) is 37.6. The Labute approximate surface area is 600 Å². The zero-order valence-corrected chi connectivity index (χ0v) is 62.3. The molecule has 532 valence electrons. The Morgan fingerprint density at radius 2 is 0.790 bits per heavy atom. The molecule has 0 fully saturated rings. The highest BCUT2D eigenvalue weighted by atomic mass is 32.1. The average Bonchev–Trinajstić information content (AvgIpc) is 1.45. The van der Waals surface area contributed by atoms with E-state index in [1.54, 1.807) is 40.1 Å². The number of rotatable bonds is 34. The van der Waals surface area contributed by atoms with Crippen LogP contribution in [0.4, 0.5) is 0 Å². The number of amides is 2. The van der Waals surface area contributed by atoms with Crippen molar-refractivity contribution in [2.45, 2.75) is 208 Å². The molecule has 0 aliphatic carbocycles. The molecule has 100 heavy (non-hydrogen) atoms. The number of Topliss-reactive ketones (excluding diaryl/α,β-unsaturated/α-hetero) is 2. The molecule has 3 N–H and O–H groups in total. The molecular weight excluding hydrogens is 1290 g/mol. The maximum atomic E-state index is 13.6. The zero-order chi connectivity index (χ0) is 72.6. The van der Waals surface area contributed by atoms with Crippen molar-refractivity contribution in [3.05, 3.63) is 177 Å². The summed E-state index contributed by atoms with van der Waals surface area (Å²) in [6.07, 6.45) is 19.9. The molecule has 18 heteroatoms. The number of ketones is 2. The van der Waals surface area contributed by atoms with Crippen molar-refractivity contribution in [2.75, 3.05) is 13.2 Å². The fourth-order valence-corrected chi connectivity index (χ4v) is 12.8. The first kappa shape index (κ1) is 78.6. The van der Waals surface area contributed by atoms with Gasteiger partial charge in [0.05, 0.1) is 23.0 Å². The molecule has 0 bridgehead atoms. The van der Waals surface area contributed by atoms with E-state index in [2.05, 4.69) is 86.0 Å². The summed E-state index contributed by atoms with van der Waals surface area (Å²) in [6.45, 7) is 26.8. The topological polar surface area (TPSA) is 226 Å². The third-order valence-electron chi connectivity index (χ3n) is 16.8. The number of hydrogen-bond donors (Lipinski definition) is 3. The van der Waals surface area contributed by atoms with E-state index in [1.807, 2.05) is 134 Å². The van der Waals surface area contributed by atoms with Gasteiger partial charge >= 0.3 is 11.9 Å². The van der Waals surface area contributed by atoms with E-state index in [-0.39, 0.29) is 47.6 Å². The highest BCUT2D eigenvalue weighted by Gasteiger charge is 2.31. The minimum atomic E-state index is -1.13. The van der Waals surface area contributed by atoms with Gasteiger partial charge < -0.3 is 30.0 Å². The number of carboxylic acids is 1. The molecule has 0 saturated carbocycles. The predicted octanol–water partition coefficient (Wildman–Crippen LogP) is 18.3. The number of esters is 1. The van der Waals surface area contributed by atoms with Gasteiger partial charge in [0.25, 0.3) is 0 Å². The summed E-state index contributed by atoms with van der Waals surface area (Å²) in [7, 11) is 0. The lowest BCUT2D eigenvalue weighted by atomic mass is 9.92. The van der Waals surface area contributed by atoms with Crippen LogP contribution in [0.15, 0.2) is 146 Å². The summed E-state index contributed by atoms with van der Waals surface area (Å²) in [5, 5.41) is 14.7. The highest BCUT2D eigenvalue weighted by molar-refractivity contribution is 7.14. The molecule has 0 spiro atoms. The quantitative estimate of drug-likeness (QED) is 0.0194. The van der Waals surface area contributed by atoms with Crippen LogP contribution in [0.2, 0.25) is 0 Å². The minimum absolute atomic E-state index is 0.00937. The van der Waals surface area contributed by atoms with E-state index >= 15 is 0 Å². The Morgan fingerprint density at radius 1 is 0.440 bits per heavy atom. The second-order valence-corrected chi connectivity index (χ2v) is 30.9. The summed E-state index contributed by atoms with van der Waals surface area (Å²) < 4.78 is 17.3. The van der Waals surface area contributed by atoms with Gasteiger partial charge in [0, 0.05) is 81.5 Å². The molecule has 4 aromatic carbocycles. The molecule has 0 radical (unpaired) electrons. The molecular formula is C82H102N6O10S2. The molecule has 4 aromatic heterocycles. The third kappa shape index (κ3) is 25.2. The van der Waals surface area contributed by atoms with Gasteiger partial charge in [0.1, 0.15) is 29.2 Å². The van der Waals surface area contributed by atoms with Crippen LogP contribution in [0, 0.1) is 11.8 Å². The van der Waals surface area contributed by atoms with Crippen molar-refractivity contribution in [3.8, 4) is 56.5 Å². The van der Waals surface area contributed by atoms with Gasteiger partial charge in [-0.05, 0) is 142 Å². The number of nitrogens with one attached hydrogen (secondary N) is 2.